The second kappa shape index (κ2) is 12.6. The van der Waals surface area contributed by atoms with E-state index in [1.54, 1.807) is 0 Å². The second-order valence-corrected chi connectivity index (χ2v) is 12.5. The zero-order valence-electron chi connectivity index (χ0n) is 26.0. The van der Waals surface area contributed by atoms with Gasteiger partial charge in [-0.15, -0.1) is 0 Å². The maximum absolute atomic E-state index is 2.43. The summed E-state index contributed by atoms with van der Waals surface area (Å²) in [4.78, 5) is 4.84. The lowest BCUT2D eigenvalue weighted by Crippen LogP contribution is -2.25. The summed E-state index contributed by atoms with van der Waals surface area (Å²) in [5, 5.41) is 2.53. The molecule has 0 N–H and O–H groups in total. The summed E-state index contributed by atoms with van der Waals surface area (Å²) in [5.41, 5.74) is 8.72. The number of hydrogen-bond donors (Lipinski definition) is 0. The van der Waals surface area contributed by atoms with Crippen molar-refractivity contribution in [1.82, 2.24) is 0 Å². The summed E-state index contributed by atoms with van der Waals surface area (Å²) < 4.78 is 0. The van der Waals surface area contributed by atoms with Gasteiger partial charge in [-0.25, -0.2) is 0 Å². The first-order chi connectivity index (χ1) is 22.8. The van der Waals surface area contributed by atoms with Crippen LogP contribution in [-0.2, 0) is 0 Å². The highest BCUT2D eigenvalue weighted by atomic mass is 15.2. The normalized spacial score (nSPS) is 21.4. The first-order valence-corrected chi connectivity index (χ1v) is 16.5. The van der Waals surface area contributed by atoms with E-state index in [-0.39, 0.29) is 0 Å². The van der Waals surface area contributed by atoms with Crippen LogP contribution >= 0.6 is 0 Å². The molecule has 224 valence electrons. The minimum absolute atomic E-state index is 0.341. The Morgan fingerprint density at radius 1 is 0.565 bits per heavy atom. The molecule has 4 aliphatic carbocycles. The number of anilines is 3. The van der Waals surface area contributed by atoms with Crippen LogP contribution in [0.3, 0.4) is 0 Å². The molecular weight excluding hydrogens is 556 g/mol. The zero-order valence-corrected chi connectivity index (χ0v) is 26.0. The molecule has 0 saturated heterocycles. The van der Waals surface area contributed by atoms with Gasteiger partial charge >= 0.3 is 0 Å². The summed E-state index contributed by atoms with van der Waals surface area (Å²) in [5.74, 6) is 1.18. The molecule has 8 rings (SSSR count). The first-order valence-electron chi connectivity index (χ1n) is 16.5. The Morgan fingerprint density at radius 3 is 2.09 bits per heavy atom. The monoisotopic (exact) mass is 594 g/mol. The zero-order chi connectivity index (χ0) is 30.7. The molecule has 0 aliphatic heterocycles. The molecule has 2 heteroatoms. The summed E-state index contributed by atoms with van der Waals surface area (Å²) in [6.45, 7) is 0. The van der Waals surface area contributed by atoms with Gasteiger partial charge in [-0.2, -0.15) is 0 Å². The van der Waals surface area contributed by atoms with Gasteiger partial charge in [0.15, 0.2) is 0 Å². The molecule has 0 radical (unpaired) electrons. The van der Waals surface area contributed by atoms with Crippen molar-refractivity contribution in [3.63, 3.8) is 0 Å². The van der Waals surface area contributed by atoms with Crippen LogP contribution in [0.1, 0.15) is 30.7 Å². The van der Waals surface area contributed by atoms with Crippen LogP contribution in [0, 0.1) is 11.8 Å². The van der Waals surface area contributed by atoms with Gasteiger partial charge in [-0.3, -0.25) is 0 Å². The number of benzene rings is 4. The fourth-order valence-electron chi connectivity index (χ4n) is 7.10. The van der Waals surface area contributed by atoms with Gasteiger partial charge < -0.3 is 9.80 Å². The average Bonchev–Trinajstić information content (AvgIpc) is 3.13. The third kappa shape index (κ3) is 5.63. The smallest absolute Gasteiger partial charge is 0.0464 e. The molecule has 0 heterocycles. The fraction of sp³-hybridized carbons (Fsp3) is 0.136. The van der Waals surface area contributed by atoms with E-state index in [4.69, 9.17) is 0 Å². The molecule has 2 nitrogen and oxygen atoms in total. The quantitative estimate of drug-likeness (QED) is 0.210. The first kappa shape index (κ1) is 28.2. The minimum atomic E-state index is 0.341. The number of allylic oxidation sites excluding steroid dienone is 14. The van der Waals surface area contributed by atoms with Crippen molar-refractivity contribution < 1.29 is 0 Å². The van der Waals surface area contributed by atoms with Crippen molar-refractivity contribution in [2.75, 3.05) is 9.80 Å². The predicted octanol–water partition coefficient (Wildman–Crippen LogP) is 11.5. The van der Waals surface area contributed by atoms with E-state index in [0.29, 0.717) is 17.8 Å². The summed E-state index contributed by atoms with van der Waals surface area (Å²) >= 11 is 0. The largest absolute Gasteiger partial charge is 0.314 e. The molecule has 3 unspecified atom stereocenters. The Morgan fingerprint density at radius 2 is 1.30 bits per heavy atom. The molecule has 0 aromatic heterocycles. The van der Waals surface area contributed by atoms with Crippen LogP contribution in [0.5, 0.6) is 0 Å². The molecule has 0 fully saturated rings. The van der Waals surface area contributed by atoms with Gasteiger partial charge in [-0.1, -0.05) is 121 Å². The minimum Gasteiger partial charge on any atom is -0.314 e. The van der Waals surface area contributed by atoms with Gasteiger partial charge in [0.05, 0.1) is 0 Å². The Bertz CT molecular complexity index is 1980. The number of hydrogen-bond acceptors (Lipinski definition) is 2. The molecule has 0 saturated carbocycles. The van der Waals surface area contributed by atoms with E-state index in [1.807, 2.05) is 0 Å². The molecule has 0 bridgehead atoms. The molecule has 4 aromatic carbocycles. The predicted molar refractivity (Wildman–Crippen MR) is 195 cm³/mol. The standard InChI is InChI=1S/C44H38N2/c1-3-15-39(16-4-1)45(43-29-23-33-11-7-9-13-37(33)31-43)41-25-19-35(20-26-41)36-21-27-42(28-22-36)46(40-17-5-2-6-18-40)44-30-24-34-12-8-10-14-38(34)32-44/h1-5,7-17,19,21-33,35,37H,6,18,20H2. The summed E-state index contributed by atoms with van der Waals surface area (Å²) in [7, 11) is 0. The van der Waals surface area contributed by atoms with E-state index in [2.05, 4.69) is 186 Å². The lowest BCUT2D eigenvalue weighted by molar-refractivity contribution is 0.652. The van der Waals surface area contributed by atoms with Crippen LogP contribution in [-0.4, -0.2) is 0 Å². The van der Waals surface area contributed by atoms with Crippen molar-refractivity contribution >= 4 is 27.8 Å². The molecule has 0 amide bonds. The highest BCUT2D eigenvalue weighted by Gasteiger charge is 2.24. The third-order valence-corrected chi connectivity index (χ3v) is 9.54. The molecule has 0 spiro atoms. The SMILES string of the molecule is C1=CCCC(N(c2ccc(C3C=CC(N(C4=CC5C=CC=CC5C=C4)c4ccccc4)=CC3)cc2)c2ccc3ccccc3c2)=C1. The fourth-order valence-corrected chi connectivity index (χ4v) is 7.10. The van der Waals surface area contributed by atoms with Gasteiger partial charge in [0.2, 0.25) is 0 Å². The van der Waals surface area contributed by atoms with Crippen molar-refractivity contribution in [2.45, 2.75) is 25.2 Å². The molecule has 4 aromatic rings. The van der Waals surface area contributed by atoms with E-state index in [0.717, 1.165) is 19.3 Å². The van der Waals surface area contributed by atoms with E-state index in [1.165, 1.54) is 50.5 Å². The van der Waals surface area contributed by atoms with Gasteiger partial charge in [0.1, 0.15) is 0 Å². The number of para-hydroxylation sites is 1. The van der Waals surface area contributed by atoms with Gasteiger partial charge in [-0.05, 0) is 90.2 Å². The number of fused-ring (bicyclic) bond motifs is 2. The van der Waals surface area contributed by atoms with Crippen LogP contribution in [0.4, 0.5) is 17.1 Å². The Hall–Kier alpha value is -5.34. The van der Waals surface area contributed by atoms with Crippen LogP contribution in [0.15, 0.2) is 193 Å². The lowest BCUT2D eigenvalue weighted by Gasteiger charge is -2.33. The van der Waals surface area contributed by atoms with Crippen molar-refractivity contribution in [3.05, 3.63) is 199 Å². The molecule has 3 atom stereocenters. The number of nitrogens with zero attached hydrogens (tertiary/aromatic N) is 2. The lowest BCUT2D eigenvalue weighted by atomic mass is 9.84. The molecular formula is C44H38N2. The van der Waals surface area contributed by atoms with Crippen LogP contribution in [0.2, 0.25) is 0 Å². The highest BCUT2D eigenvalue weighted by molar-refractivity contribution is 5.87. The van der Waals surface area contributed by atoms with Gasteiger partial charge in [0, 0.05) is 51.9 Å². The molecule has 46 heavy (non-hydrogen) atoms. The summed E-state index contributed by atoms with van der Waals surface area (Å²) in [6, 6.07) is 35.4. The summed E-state index contributed by atoms with van der Waals surface area (Å²) in [6.07, 6.45) is 32.8. The number of rotatable bonds is 7. The second-order valence-electron chi connectivity index (χ2n) is 12.5. The van der Waals surface area contributed by atoms with Crippen molar-refractivity contribution in [1.29, 1.82) is 0 Å². The topological polar surface area (TPSA) is 6.48 Å². The van der Waals surface area contributed by atoms with Crippen LogP contribution < -0.4 is 9.80 Å². The van der Waals surface area contributed by atoms with Crippen molar-refractivity contribution in [2.24, 2.45) is 11.8 Å². The third-order valence-electron chi connectivity index (χ3n) is 9.54. The highest BCUT2D eigenvalue weighted by Crippen LogP contribution is 2.39. The van der Waals surface area contributed by atoms with E-state index >= 15 is 0 Å². The maximum atomic E-state index is 2.43. The van der Waals surface area contributed by atoms with Gasteiger partial charge in [0.25, 0.3) is 0 Å². The van der Waals surface area contributed by atoms with Crippen molar-refractivity contribution in [3.8, 4) is 0 Å². The Kier molecular flexibility index (Phi) is 7.70. The van der Waals surface area contributed by atoms with Crippen LogP contribution in [0.25, 0.3) is 10.8 Å². The Labute approximate surface area is 272 Å². The average molecular weight is 595 g/mol. The molecule has 4 aliphatic rings. The van der Waals surface area contributed by atoms with E-state index < -0.39 is 0 Å². The maximum Gasteiger partial charge on any atom is 0.0464 e. The van der Waals surface area contributed by atoms with E-state index in [9.17, 15) is 0 Å². The Balaban J connectivity index is 1.06.